The summed E-state index contributed by atoms with van der Waals surface area (Å²) in [7, 11) is 0. The third kappa shape index (κ3) is 5.02. The molecule has 7 nitrogen and oxygen atoms in total. The van der Waals surface area contributed by atoms with Gasteiger partial charge in [0.25, 0.3) is 11.8 Å². The van der Waals surface area contributed by atoms with E-state index >= 15 is 0 Å². The molecule has 0 spiro atoms. The predicted molar refractivity (Wildman–Crippen MR) is 90.9 cm³/mol. The van der Waals surface area contributed by atoms with Crippen LogP contribution in [0.4, 0.5) is 13.2 Å². The molecule has 3 heterocycles. The molecule has 1 N–H and O–H groups in total. The maximum absolute atomic E-state index is 12.5. The number of piperidine rings is 1. The van der Waals surface area contributed by atoms with Gasteiger partial charge in [0, 0.05) is 25.3 Å². The van der Waals surface area contributed by atoms with E-state index in [1.165, 1.54) is 24.6 Å². The Morgan fingerprint density at radius 1 is 1.25 bits per heavy atom. The highest BCUT2D eigenvalue weighted by molar-refractivity contribution is 5.96. The first-order chi connectivity index (χ1) is 13.3. The summed E-state index contributed by atoms with van der Waals surface area (Å²) in [6.45, 7) is -0.679. The van der Waals surface area contributed by atoms with Gasteiger partial charge in [-0.3, -0.25) is 9.59 Å². The molecule has 0 radical (unpaired) electrons. The van der Waals surface area contributed by atoms with Gasteiger partial charge in [0.05, 0.1) is 6.26 Å². The summed E-state index contributed by atoms with van der Waals surface area (Å²) < 4.78 is 46.8. The second-order valence-electron chi connectivity index (χ2n) is 6.28. The van der Waals surface area contributed by atoms with Gasteiger partial charge in [0.2, 0.25) is 5.88 Å². The minimum Gasteiger partial charge on any atom is -0.467 e. The van der Waals surface area contributed by atoms with Crippen LogP contribution in [0.1, 0.15) is 33.8 Å². The van der Waals surface area contributed by atoms with Crippen molar-refractivity contribution in [2.75, 3.05) is 19.7 Å². The monoisotopic (exact) mass is 397 g/mol. The molecule has 10 heteroatoms. The van der Waals surface area contributed by atoms with E-state index < -0.39 is 18.7 Å². The number of rotatable bonds is 5. The third-order valence-corrected chi connectivity index (χ3v) is 4.24. The molecule has 1 aliphatic rings. The van der Waals surface area contributed by atoms with Crippen molar-refractivity contribution in [3.05, 3.63) is 48.0 Å². The van der Waals surface area contributed by atoms with Crippen LogP contribution in [0.3, 0.4) is 0 Å². The van der Waals surface area contributed by atoms with Crippen molar-refractivity contribution in [2.24, 2.45) is 0 Å². The second-order valence-corrected chi connectivity index (χ2v) is 6.28. The molecule has 3 rings (SSSR count). The quantitative estimate of drug-likeness (QED) is 0.839. The number of aromatic nitrogens is 1. The molecule has 2 aromatic rings. The molecular formula is C18H18F3N3O4. The number of carbonyl (C=O) groups is 2. The Balaban J connectivity index is 1.55. The predicted octanol–water partition coefficient (Wildman–Crippen LogP) is 2.65. The number of ether oxygens (including phenoxy) is 1. The van der Waals surface area contributed by atoms with Crippen molar-refractivity contribution < 1.29 is 31.9 Å². The van der Waals surface area contributed by atoms with E-state index in [9.17, 15) is 22.8 Å². The molecule has 1 fully saturated rings. The first kappa shape index (κ1) is 19.7. The van der Waals surface area contributed by atoms with Crippen molar-refractivity contribution in [1.82, 2.24) is 15.2 Å². The van der Waals surface area contributed by atoms with E-state index in [1.807, 2.05) is 0 Å². The number of furan rings is 1. The number of hydrogen-bond donors (Lipinski definition) is 1. The molecule has 1 saturated heterocycles. The van der Waals surface area contributed by atoms with Gasteiger partial charge in [-0.15, -0.1) is 0 Å². The summed E-state index contributed by atoms with van der Waals surface area (Å²) in [5.74, 6) is -0.905. The smallest absolute Gasteiger partial charge is 0.422 e. The topological polar surface area (TPSA) is 84.7 Å². The van der Waals surface area contributed by atoms with Crippen LogP contribution in [-0.2, 0) is 0 Å². The van der Waals surface area contributed by atoms with Gasteiger partial charge in [-0.1, -0.05) is 0 Å². The summed E-state index contributed by atoms with van der Waals surface area (Å²) >= 11 is 0. The number of hydrogen-bond acceptors (Lipinski definition) is 5. The molecular weight excluding hydrogens is 379 g/mol. The van der Waals surface area contributed by atoms with E-state index in [1.54, 1.807) is 17.0 Å². The Kier molecular flexibility index (Phi) is 5.86. The van der Waals surface area contributed by atoms with Crippen molar-refractivity contribution >= 4 is 11.8 Å². The molecule has 0 bridgehead atoms. The van der Waals surface area contributed by atoms with E-state index in [0.29, 0.717) is 25.9 Å². The van der Waals surface area contributed by atoms with Crippen LogP contribution in [0.15, 0.2) is 41.1 Å². The zero-order chi connectivity index (χ0) is 20.1. The fraction of sp³-hybridized carbons (Fsp3) is 0.389. The van der Waals surface area contributed by atoms with Crippen LogP contribution in [0.25, 0.3) is 0 Å². The Morgan fingerprint density at radius 2 is 2.00 bits per heavy atom. The van der Waals surface area contributed by atoms with Crippen molar-refractivity contribution in [3.63, 3.8) is 0 Å². The van der Waals surface area contributed by atoms with Crippen molar-refractivity contribution in [1.29, 1.82) is 0 Å². The van der Waals surface area contributed by atoms with E-state index in [4.69, 9.17) is 4.42 Å². The molecule has 1 aliphatic heterocycles. The minimum atomic E-state index is -4.53. The molecule has 2 aromatic heterocycles. The number of pyridine rings is 1. The number of carbonyl (C=O) groups excluding carboxylic acids is 2. The molecule has 2 amide bonds. The maximum atomic E-state index is 12.5. The lowest BCUT2D eigenvalue weighted by atomic mass is 10.0. The van der Waals surface area contributed by atoms with Gasteiger partial charge in [0.15, 0.2) is 12.4 Å². The largest absolute Gasteiger partial charge is 0.467 e. The van der Waals surface area contributed by atoms with Crippen LogP contribution in [-0.4, -0.2) is 53.6 Å². The maximum Gasteiger partial charge on any atom is 0.422 e. The SMILES string of the molecule is O=C(NC1CCN(C(=O)c2ccco2)CC1)c1cccnc1OCC(F)(F)F. The van der Waals surface area contributed by atoms with Crippen LogP contribution < -0.4 is 10.1 Å². The van der Waals surface area contributed by atoms with Gasteiger partial charge in [0.1, 0.15) is 5.56 Å². The van der Waals surface area contributed by atoms with Gasteiger partial charge < -0.3 is 19.4 Å². The minimum absolute atomic E-state index is 0.0687. The molecule has 0 aliphatic carbocycles. The fourth-order valence-corrected chi connectivity index (χ4v) is 2.87. The average molecular weight is 397 g/mol. The molecule has 0 saturated carbocycles. The molecule has 0 atom stereocenters. The lowest BCUT2D eigenvalue weighted by Crippen LogP contribution is -2.46. The zero-order valence-electron chi connectivity index (χ0n) is 14.7. The second kappa shape index (κ2) is 8.32. The van der Waals surface area contributed by atoms with Gasteiger partial charge in [-0.25, -0.2) is 4.98 Å². The number of halogens is 3. The highest BCUT2D eigenvalue weighted by Crippen LogP contribution is 2.21. The highest BCUT2D eigenvalue weighted by atomic mass is 19.4. The molecule has 28 heavy (non-hydrogen) atoms. The number of nitrogens with zero attached hydrogens (tertiary/aromatic N) is 2. The Hall–Kier alpha value is -3.04. The molecule has 0 aromatic carbocycles. The van der Waals surface area contributed by atoms with Crippen LogP contribution in [0, 0.1) is 0 Å². The zero-order valence-corrected chi connectivity index (χ0v) is 14.7. The van der Waals surface area contributed by atoms with E-state index in [2.05, 4.69) is 15.0 Å². The summed E-state index contributed by atoms with van der Waals surface area (Å²) in [6, 6.07) is 5.79. The lowest BCUT2D eigenvalue weighted by molar-refractivity contribution is -0.154. The number of likely N-dealkylation sites (tertiary alicyclic amines) is 1. The fourth-order valence-electron chi connectivity index (χ4n) is 2.87. The normalized spacial score (nSPS) is 15.3. The van der Waals surface area contributed by atoms with E-state index in [0.717, 1.165) is 0 Å². The van der Waals surface area contributed by atoms with Crippen LogP contribution >= 0.6 is 0 Å². The first-order valence-electron chi connectivity index (χ1n) is 8.62. The Bertz CT molecular complexity index is 816. The Morgan fingerprint density at radius 3 is 2.64 bits per heavy atom. The lowest BCUT2D eigenvalue weighted by Gasteiger charge is -2.32. The van der Waals surface area contributed by atoms with E-state index in [-0.39, 0.29) is 29.2 Å². The average Bonchev–Trinajstić information content (AvgIpc) is 3.21. The van der Waals surface area contributed by atoms with Gasteiger partial charge in [-0.2, -0.15) is 13.2 Å². The number of alkyl halides is 3. The summed E-state index contributed by atoms with van der Waals surface area (Å²) in [5, 5.41) is 2.77. The number of nitrogens with one attached hydrogen (secondary N) is 1. The third-order valence-electron chi connectivity index (χ3n) is 4.24. The number of amides is 2. The summed E-state index contributed by atoms with van der Waals surface area (Å²) in [4.78, 5) is 30.0. The van der Waals surface area contributed by atoms with Gasteiger partial charge in [-0.05, 0) is 37.1 Å². The molecule has 0 unspecified atom stereocenters. The van der Waals surface area contributed by atoms with Crippen molar-refractivity contribution in [3.8, 4) is 5.88 Å². The van der Waals surface area contributed by atoms with Crippen LogP contribution in [0.5, 0.6) is 5.88 Å². The van der Waals surface area contributed by atoms with Crippen LogP contribution in [0.2, 0.25) is 0 Å². The Labute approximate surface area is 158 Å². The highest BCUT2D eigenvalue weighted by Gasteiger charge is 2.30. The van der Waals surface area contributed by atoms with Gasteiger partial charge >= 0.3 is 6.18 Å². The summed E-state index contributed by atoms with van der Waals surface area (Å²) in [5.41, 5.74) is -0.0687. The summed E-state index contributed by atoms with van der Waals surface area (Å²) in [6.07, 6.45) is -0.833. The molecule has 150 valence electrons. The van der Waals surface area contributed by atoms with Crippen molar-refractivity contribution in [2.45, 2.75) is 25.1 Å². The standard InChI is InChI=1S/C18H18F3N3O4/c19-18(20,21)11-28-16-13(3-1-7-22-16)15(25)23-12-5-8-24(9-6-12)17(26)14-4-2-10-27-14/h1-4,7,10,12H,5-6,8-9,11H2,(H,23,25). The first-order valence-corrected chi connectivity index (χ1v) is 8.62.